The number of carboxylic acids is 1. The molecule has 0 bridgehead atoms. The van der Waals surface area contributed by atoms with Gasteiger partial charge < -0.3 is 20.1 Å². The first kappa shape index (κ1) is 34.9. The highest BCUT2D eigenvalue weighted by Crippen LogP contribution is 2.38. The minimum absolute atomic E-state index is 0.0873. The molecule has 0 fully saturated rings. The third-order valence-electron chi connectivity index (χ3n) is 7.59. The molecule has 0 radical (unpaired) electrons. The summed E-state index contributed by atoms with van der Waals surface area (Å²) in [5.74, 6) is -3.35. The Labute approximate surface area is 221 Å². The molecule has 0 spiro atoms. The fourth-order valence-corrected chi connectivity index (χ4v) is 4.83. The van der Waals surface area contributed by atoms with E-state index in [1.54, 1.807) is 0 Å². The Morgan fingerprint density at radius 2 is 1.03 bits per heavy atom. The number of rotatable bonds is 25. The van der Waals surface area contributed by atoms with Crippen LogP contribution in [0.2, 0.25) is 0 Å². The number of carboxylic acid groups (broad SMARTS) is 1. The Balaban J connectivity index is 4.70. The van der Waals surface area contributed by atoms with Crippen LogP contribution in [0.4, 0.5) is 0 Å². The predicted molar refractivity (Wildman–Crippen MR) is 147 cm³/mol. The molecule has 36 heavy (non-hydrogen) atoms. The number of aliphatic carboxylic acids is 1. The molecular formula is C30H58O6. The largest absolute Gasteiger partial charge is 0.481 e. The maximum Gasteiger partial charge on any atom is 0.309 e. The molecule has 0 aromatic carbocycles. The van der Waals surface area contributed by atoms with E-state index in [4.69, 9.17) is 4.74 Å². The normalized spacial score (nSPS) is 14.4. The summed E-state index contributed by atoms with van der Waals surface area (Å²) in [6.07, 6.45) is 20.2. The lowest BCUT2D eigenvalue weighted by Gasteiger charge is -2.30. The van der Waals surface area contributed by atoms with Gasteiger partial charge in [0.05, 0.1) is 5.41 Å². The van der Waals surface area contributed by atoms with Gasteiger partial charge in [0, 0.05) is 6.42 Å². The summed E-state index contributed by atoms with van der Waals surface area (Å²) in [7, 11) is 0. The summed E-state index contributed by atoms with van der Waals surface area (Å²) < 4.78 is 5.11. The molecule has 214 valence electrons. The van der Waals surface area contributed by atoms with E-state index in [1.807, 2.05) is 0 Å². The van der Waals surface area contributed by atoms with Crippen molar-refractivity contribution in [2.24, 2.45) is 5.41 Å². The molecule has 0 saturated heterocycles. The maximum atomic E-state index is 12.5. The minimum atomic E-state index is -2.09. The second kappa shape index (κ2) is 20.9. The van der Waals surface area contributed by atoms with Gasteiger partial charge in [-0.1, -0.05) is 117 Å². The molecule has 6 nitrogen and oxygen atoms in total. The molecule has 3 N–H and O–H groups in total. The molecule has 0 amide bonds. The SMILES string of the molecule is CCCCCCCCCCCCC(CCCCCCCC)(CCCC(=O)OC(C)C(C)(O)O)C(=O)O. The maximum absolute atomic E-state index is 12.5. The molecule has 0 aliphatic carbocycles. The molecular weight excluding hydrogens is 456 g/mol. The zero-order valence-corrected chi connectivity index (χ0v) is 24.0. The first-order valence-electron chi connectivity index (χ1n) is 15.0. The first-order chi connectivity index (χ1) is 17.1. The number of carbonyl (C=O) groups excluding carboxylic acids is 1. The highest BCUT2D eigenvalue weighted by atomic mass is 16.6. The van der Waals surface area contributed by atoms with Crippen molar-refractivity contribution in [3.63, 3.8) is 0 Å². The zero-order valence-electron chi connectivity index (χ0n) is 24.0. The average Bonchev–Trinajstić information content (AvgIpc) is 2.81. The van der Waals surface area contributed by atoms with E-state index < -0.39 is 29.2 Å². The van der Waals surface area contributed by atoms with Crippen LogP contribution in [0.5, 0.6) is 0 Å². The van der Waals surface area contributed by atoms with Crippen molar-refractivity contribution in [1.82, 2.24) is 0 Å². The van der Waals surface area contributed by atoms with Gasteiger partial charge in [0.2, 0.25) is 0 Å². The van der Waals surface area contributed by atoms with Gasteiger partial charge in [0.25, 0.3) is 0 Å². The third-order valence-corrected chi connectivity index (χ3v) is 7.59. The highest BCUT2D eigenvalue weighted by Gasteiger charge is 2.37. The molecule has 6 heteroatoms. The lowest BCUT2D eigenvalue weighted by molar-refractivity contribution is -0.221. The van der Waals surface area contributed by atoms with Gasteiger partial charge in [-0.15, -0.1) is 0 Å². The predicted octanol–water partition coefficient (Wildman–Crippen LogP) is 7.92. The Morgan fingerprint density at radius 3 is 1.39 bits per heavy atom. The van der Waals surface area contributed by atoms with Crippen LogP contribution in [0.1, 0.15) is 163 Å². The number of carbonyl (C=O) groups is 2. The van der Waals surface area contributed by atoms with Crippen LogP contribution in [0.15, 0.2) is 0 Å². The average molecular weight is 515 g/mol. The zero-order chi connectivity index (χ0) is 27.3. The van der Waals surface area contributed by atoms with Crippen molar-refractivity contribution >= 4 is 11.9 Å². The van der Waals surface area contributed by atoms with E-state index >= 15 is 0 Å². The van der Waals surface area contributed by atoms with Crippen molar-refractivity contribution in [3.05, 3.63) is 0 Å². The molecule has 0 aliphatic rings. The number of hydrogen-bond acceptors (Lipinski definition) is 5. The number of aliphatic hydroxyl groups is 2. The van der Waals surface area contributed by atoms with Crippen LogP contribution < -0.4 is 0 Å². The van der Waals surface area contributed by atoms with E-state index in [1.165, 1.54) is 78.1 Å². The first-order valence-corrected chi connectivity index (χ1v) is 15.0. The Kier molecular flexibility index (Phi) is 20.2. The van der Waals surface area contributed by atoms with E-state index in [9.17, 15) is 24.9 Å². The molecule has 0 heterocycles. The number of unbranched alkanes of at least 4 members (excludes halogenated alkanes) is 14. The van der Waals surface area contributed by atoms with Crippen LogP contribution in [-0.2, 0) is 14.3 Å². The summed E-state index contributed by atoms with van der Waals surface area (Å²) in [4.78, 5) is 24.7. The van der Waals surface area contributed by atoms with Crippen LogP contribution in [0.25, 0.3) is 0 Å². The molecule has 0 rings (SSSR count). The number of hydrogen-bond donors (Lipinski definition) is 3. The summed E-state index contributed by atoms with van der Waals surface area (Å²) >= 11 is 0. The fourth-order valence-electron chi connectivity index (χ4n) is 4.83. The topological polar surface area (TPSA) is 104 Å². The molecule has 0 aliphatic heterocycles. The molecule has 0 aromatic rings. The quantitative estimate of drug-likeness (QED) is 0.0649. The second-order valence-corrected chi connectivity index (χ2v) is 11.1. The van der Waals surface area contributed by atoms with Gasteiger partial charge in [-0.25, -0.2) is 0 Å². The van der Waals surface area contributed by atoms with Gasteiger partial charge in [-0.05, 0) is 39.5 Å². The van der Waals surface area contributed by atoms with Crippen molar-refractivity contribution < 1.29 is 29.6 Å². The fraction of sp³-hybridized carbons (Fsp3) is 0.933. The second-order valence-electron chi connectivity index (χ2n) is 11.1. The Bertz CT molecular complexity index is 556. The monoisotopic (exact) mass is 514 g/mol. The van der Waals surface area contributed by atoms with Crippen LogP contribution >= 0.6 is 0 Å². The van der Waals surface area contributed by atoms with Gasteiger partial charge in [0.1, 0.15) is 0 Å². The van der Waals surface area contributed by atoms with Crippen LogP contribution in [-0.4, -0.2) is 39.1 Å². The Hall–Kier alpha value is -1.14. The van der Waals surface area contributed by atoms with Crippen LogP contribution in [0, 0.1) is 5.41 Å². The van der Waals surface area contributed by atoms with Crippen molar-refractivity contribution in [3.8, 4) is 0 Å². The summed E-state index contributed by atoms with van der Waals surface area (Å²) in [6, 6.07) is 0. The van der Waals surface area contributed by atoms with E-state index in [0.29, 0.717) is 25.7 Å². The highest BCUT2D eigenvalue weighted by molar-refractivity contribution is 5.75. The third kappa shape index (κ3) is 17.3. The van der Waals surface area contributed by atoms with Crippen LogP contribution in [0.3, 0.4) is 0 Å². The standard InChI is InChI=1S/C30H58O6/c1-5-7-9-11-13-14-15-16-18-20-24-30(28(32)33,23-19-17-12-10-8-6-2)25-21-22-27(31)36-26(3)29(4,34)35/h26,34-35H,5-25H2,1-4H3,(H,32,33). The number of esters is 1. The molecule has 2 atom stereocenters. The van der Waals surface area contributed by atoms with E-state index in [0.717, 1.165) is 38.5 Å². The Morgan fingerprint density at radius 1 is 0.667 bits per heavy atom. The van der Waals surface area contributed by atoms with Gasteiger partial charge in [-0.2, -0.15) is 0 Å². The minimum Gasteiger partial charge on any atom is -0.481 e. The summed E-state index contributed by atoms with van der Waals surface area (Å²) in [5, 5.41) is 29.4. The molecule has 2 unspecified atom stereocenters. The number of ether oxygens (including phenoxy) is 1. The summed E-state index contributed by atoms with van der Waals surface area (Å²) in [6.45, 7) is 7.03. The van der Waals surface area contributed by atoms with Crippen molar-refractivity contribution in [2.75, 3.05) is 0 Å². The van der Waals surface area contributed by atoms with Gasteiger partial charge >= 0.3 is 11.9 Å². The lowest BCUT2D eigenvalue weighted by atomic mass is 9.74. The smallest absolute Gasteiger partial charge is 0.309 e. The molecule has 0 saturated carbocycles. The van der Waals surface area contributed by atoms with E-state index in [2.05, 4.69) is 13.8 Å². The van der Waals surface area contributed by atoms with Crippen molar-refractivity contribution in [1.29, 1.82) is 0 Å². The van der Waals surface area contributed by atoms with E-state index in [-0.39, 0.29) is 6.42 Å². The van der Waals surface area contributed by atoms with Crippen molar-refractivity contribution in [2.45, 2.75) is 174 Å². The van der Waals surface area contributed by atoms with Gasteiger partial charge in [0.15, 0.2) is 11.9 Å². The summed E-state index contributed by atoms with van der Waals surface area (Å²) in [5.41, 5.74) is -0.792. The van der Waals surface area contributed by atoms with Gasteiger partial charge in [-0.3, -0.25) is 9.59 Å². The lowest BCUT2D eigenvalue weighted by Crippen LogP contribution is -2.40. The molecule has 0 aromatic heterocycles.